The van der Waals surface area contributed by atoms with Crippen LogP contribution in [0.4, 0.5) is 11.8 Å². The van der Waals surface area contributed by atoms with Crippen molar-refractivity contribution in [3.8, 4) is 0 Å². The molecule has 2 heterocycles. The Morgan fingerprint density at radius 3 is 2.50 bits per heavy atom. The zero-order chi connectivity index (χ0) is 24.1. The van der Waals surface area contributed by atoms with Crippen LogP contribution in [0.2, 0.25) is 0 Å². The standard InChI is InChI=1S/C25H30N6O2S/c1-17(2)31-16-27-22-23(28-25(29-24(22)31)30(10-12-32)11-13-33)26-15-18-6-8-19(9-7-18)20-4-3-5-21(34)14-20/h3-4,6-9,14,16-17,32-33H,5,10-13,15H2,1-2H3,(H,26,28,29). The van der Waals surface area contributed by atoms with E-state index in [1.165, 1.54) is 0 Å². The third-order valence-corrected chi connectivity index (χ3v) is 5.95. The fourth-order valence-corrected chi connectivity index (χ4v) is 4.09. The minimum atomic E-state index is -0.0592. The van der Waals surface area contributed by atoms with Crippen molar-refractivity contribution >= 4 is 45.6 Å². The lowest BCUT2D eigenvalue weighted by Crippen LogP contribution is -2.31. The summed E-state index contributed by atoms with van der Waals surface area (Å²) in [6, 6.07) is 8.54. The van der Waals surface area contributed by atoms with E-state index in [9.17, 15) is 10.2 Å². The van der Waals surface area contributed by atoms with Crippen molar-refractivity contribution in [3.63, 3.8) is 0 Å². The molecule has 0 unspecified atom stereocenters. The second-order valence-corrected chi connectivity index (χ2v) is 8.97. The first-order chi connectivity index (χ1) is 16.5. The van der Waals surface area contributed by atoms with Gasteiger partial charge in [-0.3, -0.25) is 0 Å². The van der Waals surface area contributed by atoms with E-state index in [1.54, 1.807) is 11.2 Å². The van der Waals surface area contributed by atoms with E-state index >= 15 is 0 Å². The normalized spacial score (nSPS) is 13.6. The molecule has 1 aromatic carbocycles. The summed E-state index contributed by atoms with van der Waals surface area (Å²) >= 11 is 5.33. The van der Waals surface area contributed by atoms with Gasteiger partial charge in [0.25, 0.3) is 0 Å². The van der Waals surface area contributed by atoms with Crippen LogP contribution in [0.15, 0.2) is 48.8 Å². The minimum Gasteiger partial charge on any atom is -0.395 e. The van der Waals surface area contributed by atoms with E-state index in [4.69, 9.17) is 22.2 Å². The van der Waals surface area contributed by atoms with Crippen molar-refractivity contribution in [1.82, 2.24) is 19.5 Å². The van der Waals surface area contributed by atoms with Gasteiger partial charge in [-0.05, 0) is 36.6 Å². The molecule has 0 amide bonds. The quantitative estimate of drug-likeness (QED) is 0.381. The number of aliphatic hydroxyl groups excluding tert-OH is 2. The fraction of sp³-hybridized carbons (Fsp3) is 0.360. The predicted molar refractivity (Wildman–Crippen MR) is 140 cm³/mol. The van der Waals surface area contributed by atoms with Crippen LogP contribution in [0.3, 0.4) is 0 Å². The third-order valence-electron chi connectivity index (χ3n) is 5.67. The molecule has 0 atom stereocenters. The van der Waals surface area contributed by atoms with E-state index in [1.807, 2.05) is 4.57 Å². The predicted octanol–water partition coefficient (Wildman–Crippen LogP) is 3.52. The number of rotatable bonds is 10. The van der Waals surface area contributed by atoms with Gasteiger partial charge in [-0.2, -0.15) is 9.97 Å². The van der Waals surface area contributed by atoms with Crippen molar-refractivity contribution in [2.45, 2.75) is 32.9 Å². The topological polar surface area (TPSA) is 99.3 Å². The lowest BCUT2D eigenvalue weighted by Gasteiger charge is -2.21. The van der Waals surface area contributed by atoms with Crippen LogP contribution in [0.1, 0.15) is 37.4 Å². The molecule has 0 aliphatic heterocycles. The number of benzene rings is 1. The number of aliphatic hydroxyl groups is 2. The number of aromatic nitrogens is 4. The molecule has 4 rings (SSSR count). The van der Waals surface area contributed by atoms with E-state index < -0.39 is 0 Å². The Hall–Kier alpha value is -3.14. The van der Waals surface area contributed by atoms with Gasteiger partial charge in [0, 0.05) is 37.0 Å². The molecule has 34 heavy (non-hydrogen) atoms. The van der Waals surface area contributed by atoms with Gasteiger partial charge in [-0.15, -0.1) is 0 Å². The molecule has 1 aliphatic rings. The van der Waals surface area contributed by atoms with Crippen molar-refractivity contribution in [1.29, 1.82) is 0 Å². The van der Waals surface area contributed by atoms with Crippen LogP contribution in [-0.4, -0.2) is 60.9 Å². The molecule has 9 heteroatoms. The lowest BCUT2D eigenvalue weighted by atomic mass is 9.98. The Bertz CT molecular complexity index is 1210. The van der Waals surface area contributed by atoms with E-state index in [2.05, 4.69) is 66.6 Å². The van der Waals surface area contributed by atoms with Gasteiger partial charge in [0.15, 0.2) is 17.0 Å². The molecule has 0 bridgehead atoms. The number of thiocarbonyl (C=S) groups is 1. The molecule has 3 aromatic rings. The number of anilines is 2. The molecular formula is C25H30N6O2S. The Morgan fingerprint density at radius 2 is 1.85 bits per heavy atom. The SMILES string of the molecule is CC(C)n1cnc2c(NCc3ccc(C4=CC(=S)CC=C4)cc3)nc(N(CCO)CCO)nc21. The first-order valence-electron chi connectivity index (χ1n) is 11.5. The summed E-state index contributed by atoms with van der Waals surface area (Å²) in [6.45, 7) is 5.24. The summed E-state index contributed by atoms with van der Waals surface area (Å²) in [6.07, 6.45) is 8.86. The van der Waals surface area contributed by atoms with Crippen molar-refractivity contribution in [2.75, 3.05) is 36.5 Å². The second kappa shape index (κ2) is 10.9. The zero-order valence-electron chi connectivity index (χ0n) is 19.5. The zero-order valence-corrected chi connectivity index (χ0v) is 20.3. The average molecular weight is 479 g/mol. The number of hydrogen-bond acceptors (Lipinski definition) is 8. The smallest absolute Gasteiger partial charge is 0.229 e. The number of fused-ring (bicyclic) bond motifs is 1. The summed E-state index contributed by atoms with van der Waals surface area (Å²) in [7, 11) is 0. The van der Waals surface area contributed by atoms with E-state index in [-0.39, 0.29) is 19.3 Å². The van der Waals surface area contributed by atoms with Crippen molar-refractivity contribution < 1.29 is 10.2 Å². The maximum Gasteiger partial charge on any atom is 0.229 e. The fourth-order valence-electron chi connectivity index (χ4n) is 3.86. The minimum absolute atomic E-state index is 0.0592. The summed E-state index contributed by atoms with van der Waals surface area (Å²) in [5.74, 6) is 1.07. The highest BCUT2D eigenvalue weighted by molar-refractivity contribution is 7.80. The van der Waals surface area contributed by atoms with Crippen LogP contribution < -0.4 is 10.2 Å². The molecule has 0 saturated carbocycles. The molecule has 0 saturated heterocycles. The van der Waals surface area contributed by atoms with Crippen LogP contribution >= 0.6 is 12.2 Å². The van der Waals surface area contributed by atoms with Crippen molar-refractivity contribution in [2.24, 2.45) is 0 Å². The lowest BCUT2D eigenvalue weighted by molar-refractivity contribution is 0.280. The van der Waals surface area contributed by atoms with Gasteiger partial charge in [-0.25, -0.2) is 4.98 Å². The molecule has 0 radical (unpaired) electrons. The van der Waals surface area contributed by atoms with Crippen LogP contribution in [-0.2, 0) is 6.54 Å². The maximum atomic E-state index is 9.47. The van der Waals surface area contributed by atoms with E-state index in [0.717, 1.165) is 28.0 Å². The molecule has 2 aromatic heterocycles. The van der Waals surface area contributed by atoms with Gasteiger partial charge in [0.2, 0.25) is 5.95 Å². The Morgan fingerprint density at radius 1 is 1.12 bits per heavy atom. The number of nitrogens with one attached hydrogen (secondary N) is 1. The van der Waals surface area contributed by atoms with Crippen LogP contribution in [0.5, 0.6) is 0 Å². The number of hydrogen-bond donors (Lipinski definition) is 3. The highest BCUT2D eigenvalue weighted by Gasteiger charge is 2.18. The molecule has 0 fully saturated rings. The van der Waals surface area contributed by atoms with Gasteiger partial charge in [0.05, 0.1) is 19.5 Å². The first kappa shape index (κ1) is 24.0. The monoisotopic (exact) mass is 478 g/mol. The summed E-state index contributed by atoms with van der Waals surface area (Å²) in [5.41, 5.74) is 4.77. The average Bonchev–Trinajstić information content (AvgIpc) is 3.27. The molecular weight excluding hydrogens is 448 g/mol. The number of nitrogens with zero attached hydrogens (tertiary/aromatic N) is 5. The third kappa shape index (κ3) is 5.32. The van der Waals surface area contributed by atoms with Crippen molar-refractivity contribution in [3.05, 3.63) is 59.9 Å². The summed E-state index contributed by atoms with van der Waals surface area (Å²) < 4.78 is 1.99. The highest BCUT2D eigenvalue weighted by atomic mass is 32.1. The summed E-state index contributed by atoms with van der Waals surface area (Å²) in [4.78, 5) is 16.7. The van der Waals surface area contributed by atoms with Crippen LogP contribution in [0.25, 0.3) is 16.7 Å². The van der Waals surface area contributed by atoms with Gasteiger partial charge < -0.3 is 25.0 Å². The molecule has 178 valence electrons. The molecule has 8 nitrogen and oxygen atoms in total. The highest BCUT2D eigenvalue weighted by Crippen LogP contribution is 2.26. The van der Waals surface area contributed by atoms with Gasteiger partial charge >= 0.3 is 0 Å². The largest absolute Gasteiger partial charge is 0.395 e. The Kier molecular flexibility index (Phi) is 7.66. The molecule has 0 spiro atoms. The van der Waals surface area contributed by atoms with Gasteiger partial charge in [-0.1, -0.05) is 48.6 Å². The summed E-state index contributed by atoms with van der Waals surface area (Å²) in [5, 5.41) is 22.3. The molecule has 1 aliphatic carbocycles. The van der Waals surface area contributed by atoms with Gasteiger partial charge in [0.1, 0.15) is 0 Å². The first-order valence-corrected chi connectivity index (χ1v) is 11.9. The molecule has 3 N–H and O–H groups in total. The number of imidazole rings is 1. The number of allylic oxidation sites excluding steroid dienone is 4. The Balaban J connectivity index is 1.60. The van der Waals surface area contributed by atoms with Crippen LogP contribution in [0, 0.1) is 0 Å². The Labute approximate surface area is 204 Å². The van der Waals surface area contributed by atoms with E-state index in [0.29, 0.717) is 42.6 Å². The second-order valence-electron chi connectivity index (χ2n) is 8.45. The maximum absolute atomic E-state index is 9.47.